The van der Waals surface area contributed by atoms with Crippen LogP contribution in [0.2, 0.25) is 0 Å². The van der Waals surface area contributed by atoms with Gasteiger partial charge in [-0.3, -0.25) is 0 Å². The van der Waals surface area contributed by atoms with E-state index in [0.717, 1.165) is 60.5 Å². The molecule has 4 aliphatic rings. The molecule has 4 N–H and O–H groups in total. The molecule has 1 aliphatic carbocycles. The van der Waals surface area contributed by atoms with Crippen LogP contribution < -0.4 is 11.1 Å². The molecule has 3 aliphatic heterocycles. The fourth-order valence-electron chi connectivity index (χ4n) is 4.93. The van der Waals surface area contributed by atoms with Crippen LogP contribution in [-0.2, 0) is 16.0 Å². The highest BCUT2D eigenvalue weighted by Crippen LogP contribution is 2.40. The average Bonchev–Trinajstić information content (AvgIpc) is 3.47. The Morgan fingerprint density at radius 2 is 2.24 bits per heavy atom. The van der Waals surface area contributed by atoms with Gasteiger partial charge in [-0.2, -0.15) is 4.98 Å². The molecule has 0 saturated heterocycles. The molecule has 0 bridgehead atoms. The van der Waals surface area contributed by atoms with Crippen molar-refractivity contribution in [1.82, 2.24) is 15.2 Å². The number of rotatable bonds is 6. The van der Waals surface area contributed by atoms with Crippen molar-refractivity contribution in [2.24, 2.45) is 10.9 Å². The van der Waals surface area contributed by atoms with Gasteiger partial charge >= 0.3 is 5.97 Å². The summed E-state index contributed by atoms with van der Waals surface area (Å²) in [6, 6.07) is 3.57. The second kappa shape index (κ2) is 7.40. The molecule has 33 heavy (non-hydrogen) atoms. The van der Waals surface area contributed by atoms with E-state index in [1.165, 1.54) is 5.57 Å². The number of oxazole rings is 1. The fourth-order valence-corrected chi connectivity index (χ4v) is 4.93. The van der Waals surface area contributed by atoms with E-state index in [9.17, 15) is 9.90 Å². The topological polar surface area (TPSA) is 126 Å². The highest BCUT2D eigenvalue weighted by atomic mass is 16.5. The Bertz CT molecular complexity index is 1300. The first-order chi connectivity index (χ1) is 16.0. The predicted molar refractivity (Wildman–Crippen MR) is 122 cm³/mol. The molecule has 2 aromatic rings. The van der Waals surface area contributed by atoms with Crippen LogP contribution in [0.1, 0.15) is 37.3 Å². The fraction of sp³-hybridized carbons (Fsp3) is 0.375. The molecule has 0 spiro atoms. The number of nitrogens with zero attached hydrogens (tertiary/aromatic N) is 3. The third kappa shape index (κ3) is 3.26. The number of carboxylic acid groups (broad SMARTS) is 1. The van der Waals surface area contributed by atoms with Gasteiger partial charge in [0.05, 0.1) is 11.4 Å². The number of benzene rings is 1. The Balaban J connectivity index is 1.42. The van der Waals surface area contributed by atoms with Crippen LogP contribution in [0.3, 0.4) is 0 Å². The third-order valence-corrected chi connectivity index (χ3v) is 6.71. The van der Waals surface area contributed by atoms with E-state index in [2.05, 4.69) is 28.2 Å². The maximum atomic E-state index is 11.8. The van der Waals surface area contributed by atoms with Crippen LogP contribution >= 0.6 is 0 Å². The van der Waals surface area contributed by atoms with Crippen molar-refractivity contribution in [3.8, 4) is 0 Å². The number of hydrogen-bond acceptors (Lipinski definition) is 8. The number of amidine groups is 1. The minimum absolute atomic E-state index is 0.150. The first kappa shape index (κ1) is 19.9. The number of aliphatic imine (C=N–C) groups is 1. The van der Waals surface area contributed by atoms with Gasteiger partial charge in [-0.1, -0.05) is 6.92 Å². The first-order valence-electron chi connectivity index (χ1n) is 11.3. The van der Waals surface area contributed by atoms with Crippen LogP contribution in [0.15, 0.2) is 56.5 Å². The number of nitrogen functional groups attached to an aromatic ring is 1. The number of carbonyl (C=O) groups is 1. The molecule has 1 fully saturated rings. The SMILES string of the molecule is CCc1cc(C2=NC=C3C(NC(C(=O)O)C4CC4)=COCC4=C3N2CC4)cc2nc(N)oc12. The van der Waals surface area contributed by atoms with E-state index in [0.29, 0.717) is 23.4 Å². The zero-order chi connectivity index (χ0) is 22.7. The van der Waals surface area contributed by atoms with Crippen molar-refractivity contribution >= 4 is 28.9 Å². The molecule has 0 radical (unpaired) electrons. The van der Waals surface area contributed by atoms with Gasteiger partial charge in [0.25, 0.3) is 6.01 Å². The van der Waals surface area contributed by atoms with Gasteiger partial charge in [0.2, 0.25) is 0 Å². The van der Waals surface area contributed by atoms with Crippen molar-refractivity contribution in [3.63, 3.8) is 0 Å². The van der Waals surface area contributed by atoms with E-state index in [4.69, 9.17) is 19.9 Å². The molecule has 1 aromatic carbocycles. The van der Waals surface area contributed by atoms with E-state index in [1.54, 1.807) is 6.26 Å². The lowest BCUT2D eigenvalue weighted by atomic mass is 10.0. The van der Waals surface area contributed by atoms with Gasteiger partial charge in [0, 0.05) is 23.9 Å². The summed E-state index contributed by atoms with van der Waals surface area (Å²) in [5, 5.41) is 12.9. The van der Waals surface area contributed by atoms with E-state index < -0.39 is 12.0 Å². The largest absolute Gasteiger partial charge is 0.495 e. The van der Waals surface area contributed by atoms with Crippen LogP contribution in [0, 0.1) is 5.92 Å². The number of hydrogen-bond donors (Lipinski definition) is 3. The second-order valence-electron chi connectivity index (χ2n) is 8.88. The molecule has 9 heteroatoms. The number of ether oxygens (including phenoxy) is 1. The molecule has 4 heterocycles. The minimum Gasteiger partial charge on any atom is -0.495 e. The molecular formula is C24H25N5O4. The lowest BCUT2D eigenvalue weighted by Crippen LogP contribution is -2.40. The summed E-state index contributed by atoms with van der Waals surface area (Å²) in [5.41, 5.74) is 13.0. The number of aromatic nitrogens is 1. The van der Waals surface area contributed by atoms with Gasteiger partial charge in [0.1, 0.15) is 30.3 Å². The number of fused-ring (bicyclic) bond motifs is 1. The van der Waals surface area contributed by atoms with Gasteiger partial charge in [0.15, 0.2) is 5.58 Å². The van der Waals surface area contributed by atoms with Crippen LogP contribution in [-0.4, -0.2) is 46.0 Å². The Morgan fingerprint density at radius 3 is 3.00 bits per heavy atom. The van der Waals surface area contributed by atoms with Gasteiger partial charge in [-0.15, -0.1) is 0 Å². The Labute approximate surface area is 190 Å². The van der Waals surface area contributed by atoms with E-state index in [-0.39, 0.29) is 11.9 Å². The molecular weight excluding hydrogens is 422 g/mol. The number of nitrogens with one attached hydrogen (secondary N) is 1. The Hall–Kier alpha value is -3.75. The Morgan fingerprint density at radius 1 is 1.39 bits per heavy atom. The standard InChI is InChI=1S/C24H25N5O4/c1-2-12-7-15(8-17-21(12)33-24(25)28-17)22-26-9-16-18(27-19(23(30)31)13-3-4-13)11-32-10-14-5-6-29(22)20(14)16/h7-9,11,13,19,27H,2-6,10H2,1H3,(H2,25,28)(H,30,31). The summed E-state index contributed by atoms with van der Waals surface area (Å²) >= 11 is 0. The zero-order valence-electron chi connectivity index (χ0n) is 18.3. The van der Waals surface area contributed by atoms with Gasteiger partial charge in [-0.25, -0.2) is 9.79 Å². The molecule has 170 valence electrons. The van der Waals surface area contributed by atoms with E-state index in [1.807, 2.05) is 12.3 Å². The summed E-state index contributed by atoms with van der Waals surface area (Å²) in [4.78, 5) is 23.2. The summed E-state index contributed by atoms with van der Waals surface area (Å²) < 4.78 is 11.4. The molecule has 9 nitrogen and oxygen atoms in total. The molecule has 6 rings (SSSR count). The molecule has 0 amide bonds. The van der Waals surface area contributed by atoms with Gasteiger partial charge in [-0.05, 0) is 54.9 Å². The number of nitrogens with two attached hydrogens (primary N) is 1. The molecule has 1 aromatic heterocycles. The summed E-state index contributed by atoms with van der Waals surface area (Å²) in [5.74, 6) is 0.144. The smallest absolute Gasteiger partial charge is 0.326 e. The second-order valence-corrected chi connectivity index (χ2v) is 8.88. The maximum Gasteiger partial charge on any atom is 0.326 e. The summed E-state index contributed by atoms with van der Waals surface area (Å²) in [6.07, 6.45) is 6.95. The van der Waals surface area contributed by atoms with Gasteiger partial charge < -0.3 is 30.2 Å². The predicted octanol–water partition coefficient (Wildman–Crippen LogP) is 2.90. The Kier molecular flexibility index (Phi) is 4.46. The number of anilines is 1. The van der Waals surface area contributed by atoms with E-state index >= 15 is 0 Å². The molecule has 1 atom stereocenters. The monoisotopic (exact) mass is 447 g/mol. The minimum atomic E-state index is -0.840. The first-order valence-corrected chi connectivity index (χ1v) is 11.3. The number of aryl methyl sites for hydroxylation is 1. The van der Waals surface area contributed by atoms with Crippen LogP contribution in [0.25, 0.3) is 11.1 Å². The average molecular weight is 447 g/mol. The highest BCUT2D eigenvalue weighted by molar-refractivity contribution is 6.04. The van der Waals surface area contributed by atoms with Crippen molar-refractivity contribution < 1.29 is 19.1 Å². The quantitative estimate of drug-likeness (QED) is 0.617. The van der Waals surface area contributed by atoms with Crippen LogP contribution in [0.4, 0.5) is 6.01 Å². The highest BCUT2D eigenvalue weighted by Gasteiger charge is 2.40. The maximum absolute atomic E-state index is 11.8. The van der Waals surface area contributed by atoms with Crippen molar-refractivity contribution in [2.45, 2.75) is 38.6 Å². The summed E-state index contributed by atoms with van der Waals surface area (Å²) in [6.45, 7) is 3.32. The zero-order valence-corrected chi connectivity index (χ0v) is 18.3. The normalized spacial score (nSPS) is 20.5. The lowest BCUT2D eigenvalue weighted by Gasteiger charge is -2.30. The van der Waals surface area contributed by atoms with Crippen LogP contribution in [0.5, 0.6) is 0 Å². The summed E-state index contributed by atoms with van der Waals surface area (Å²) in [7, 11) is 0. The van der Waals surface area contributed by atoms with Crippen molar-refractivity contribution in [3.05, 3.63) is 58.3 Å². The number of carboxylic acids is 1. The molecule has 1 saturated carbocycles. The van der Waals surface area contributed by atoms with Crippen molar-refractivity contribution in [2.75, 3.05) is 18.9 Å². The number of aliphatic carboxylic acids is 1. The molecule has 1 unspecified atom stereocenters. The third-order valence-electron chi connectivity index (χ3n) is 6.71. The lowest BCUT2D eigenvalue weighted by molar-refractivity contribution is -0.139. The van der Waals surface area contributed by atoms with Crippen molar-refractivity contribution in [1.29, 1.82) is 0 Å².